The molecule has 2 aromatic carbocycles. The molecule has 0 spiro atoms. The van der Waals surface area contributed by atoms with Crippen molar-refractivity contribution >= 4 is 98.6 Å². The van der Waals surface area contributed by atoms with Gasteiger partial charge in [-0.1, -0.05) is 106 Å². The van der Waals surface area contributed by atoms with Crippen molar-refractivity contribution in [2.45, 2.75) is 172 Å². The van der Waals surface area contributed by atoms with Crippen molar-refractivity contribution in [3.05, 3.63) is 59.1 Å². The van der Waals surface area contributed by atoms with E-state index < -0.39 is 59.8 Å². The van der Waals surface area contributed by atoms with Crippen LogP contribution in [0.4, 0.5) is 5.69 Å². The summed E-state index contributed by atoms with van der Waals surface area (Å²) in [7, 11) is 4.07. The monoisotopic (exact) mass is 1140 g/mol. The average molecular weight is 1150 g/mol. The van der Waals surface area contributed by atoms with E-state index in [1.54, 1.807) is 23.1 Å². The first-order valence-corrected chi connectivity index (χ1v) is 30.7. The fourth-order valence-corrected chi connectivity index (χ4v) is 12.6. The summed E-state index contributed by atoms with van der Waals surface area (Å²) in [4.78, 5) is 92.3. The Morgan fingerprint density at radius 1 is 0.650 bits per heavy atom. The highest BCUT2D eigenvalue weighted by Gasteiger charge is 2.35. The number of fused-ring (bicyclic) bond motifs is 1. The van der Waals surface area contributed by atoms with E-state index in [9.17, 15) is 33.9 Å². The van der Waals surface area contributed by atoms with Crippen LogP contribution < -0.4 is 59.0 Å². The number of aryl methyl sites for hydroxylation is 1. The van der Waals surface area contributed by atoms with Crippen LogP contribution in [0.1, 0.15) is 146 Å². The molecule has 0 unspecified atom stereocenters. The number of rotatable bonds is 34. The molecule has 2 aliphatic carbocycles. The van der Waals surface area contributed by atoms with E-state index in [4.69, 9.17) is 22.9 Å². The van der Waals surface area contributed by atoms with E-state index in [-0.39, 0.29) is 74.9 Å². The van der Waals surface area contributed by atoms with E-state index >= 15 is 0 Å². The second kappa shape index (κ2) is 34.7. The van der Waals surface area contributed by atoms with E-state index in [1.165, 1.54) is 22.1 Å². The molecule has 1 heterocycles. The maximum atomic E-state index is 14.6. The zero-order chi connectivity index (χ0) is 57.8. The maximum absolute atomic E-state index is 14.6. The first-order chi connectivity index (χ1) is 38.5. The number of para-hydroxylation sites is 1. The SMILES string of the molecule is CC(=O)N[C@H](CSCCCCCC[n+]1c(/C=C/c2ccc(N(C)C)cc2)sc2ccccc21)C(=O)N[C@H](CC1CCCCC1)C(=O)N[C@@H](CCCN=C(N)N)C(=O)N[C@H](CC1CCCCC1)C(=O)N[C@@H](CCCN=C(N)N)C(=O)O. The lowest BCUT2D eigenvalue weighted by Gasteiger charge is -2.30. The number of nitrogens with one attached hydrogen (secondary N) is 5. The minimum absolute atomic E-state index is 0.0453. The Kier molecular flexibility index (Phi) is 27.9. The predicted molar refractivity (Wildman–Crippen MR) is 323 cm³/mol. The molecule has 5 rings (SSSR count). The van der Waals surface area contributed by atoms with Crippen molar-refractivity contribution in [3.8, 4) is 0 Å². The molecule has 440 valence electrons. The van der Waals surface area contributed by atoms with Gasteiger partial charge in [0.15, 0.2) is 18.5 Å². The molecule has 0 aliphatic heterocycles. The number of guanidine groups is 2. The number of nitrogens with zero attached hydrogens (tertiary/aromatic N) is 4. The lowest BCUT2D eigenvalue weighted by atomic mass is 9.84. The number of hydrogen-bond acceptors (Lipinski definition) is 11. The number of amides is 5. The maximum Gasteiger partial charge on any atom is 0.326 e. The third-order valence-electron chi connectivity index (χ3n) is 14.9. The van der Waals surface area contributed by atoms with Gasteiger partial charge in [-0.2, -0.15) is 16.3 Å². The second-order valence-corrected chi connectivity index (χ2v) is 23.8. The van der Waals surface area contributed by atoms with E-state index in [1.807, 2.05) is 14.1 Å². The highest BCUT2D eigenvalue weighted by Crippen LogP contribution is 2.29. The van der Waals surface area contributed by atoms with Crippen molar-refractivity contribution in [2.75, 3.05) is 43.6 Å². The quantitative estimate of drug-likeness (QED) is 0.0157. The lowest BCUT2D eigenvalue weighted by Crippen LogP contribution is -2.59. The molecule has 22 heteroatoms. The molecule has 2 saturated carbocycles. The van der Waals surface area contributed by atoms with Gasteiger partial charge >= 0.3 is 5.97 Å². The molecular weight excluding hydrogens is 1050 g/mol. The van der Waals surface area contributed by atoms with E-state index in [0.717, 1.165) is 113 Å². The molecule has 14 N–H and O–H groups in total. The third kappa shape index (κ3) is 23.0. The lowest BCUT2D eigenvalue weighted by molar-refractivity contribution is -0.669. The van der Waals surface area contributed by atoms with Crippen molar-refractivity contribution in [1.82, 2.24) is 26.6 Å². The number of aliphatic imine (C=N–C) groups is 2. The molecule has 5 atom stereocenters. The first-order valence-electron chi connectivity index (χ1n) is 28.7. The topological polar surface area (TPSA) is 319 Å². The van der Waals surface area contributed by atoms with Crippen molar-refractivity contribution < 1.29 is 38.4 Å². The number of anilines is 1. The number of carboxylic acids is 1. The number of thiazole rings is 1. The van der Waals surface area contributed by atoms with Gasteiger partial charge < -0.3 is 59.5 Å². The Morgan fingerprint density at radius 2 is 1.16 bits per heavy atom. The molecular formula is C58H90N13O7S2+. The number of unbranched alkanes of at least 4 members (excludes halogenated alkanes) is 3. The van der Waals surface area contributed by atoms with Crippen LogP contribution in [0.25, 0.3) is 22.4 Å². The van der Waals surface area contributed by atoms with Gasteiger partial charge in [0.2, 0.25) is 35.1 Å². The third-order valence-corrected chi connectivity index (χ3v) is 17.1. The van der Waals surface area contributed by atoms with Crippen molar-refractivity contribution in [1.29, 1.82) is 0 Å². The molecule has 3 aromatic rings. The summed E-state index contributed by atoms with van der Waals surface area (Å²) in [6.07, 6.45) is 19.1. The number of carboxylic acid groups (broad SMARTS) is 1. The molecule has 0 radical (unpaired) electrons. The molecule has 5 amide bonds. The van der Waals surface area contributed by atoms with Crippen molar-refractivity contribution in [3.63, 3.8) is 0 Å². The zero-order valence-electron chi connectivity index (χ0n) is 47.3. The number of benzene rings is 2. The van der Waals surface area contributed by atoms with E-state index in [0.29, 0.717) is 12.2 Å². The van der Waals surface area contributed by atoms with Crippen LogP contribution in [0.2, 0.25) is 0 Å². The largest absolute Gasteiger partial charge is 0.480 e. The Bertz CT molecular complexity index is 2540. The summed E-state index contributed by atoms with van der Waals surface area (Å²) < 4.78 is 3.65. The number of hydrogen-bond donors (Lipinski definition) is 10. The molecule has 2 fully saturated rings. The normalized spacial score (nSPS) is 15.9. The number of nitrogens with two attached hydrogens (primary N) is 4. The van der Waals surface area contributed by atoms with Crippen molar-refractivity contribution in [2.24, 2.45) is 44.8 Å². The van der Waals surface area contributed by atoms with E-state index in [2.05, 4.69) is 107 Å². The smallest absolute Gasteiger partial charge is 0.326 e. The minimum Gasteiger partial charge on any atom is -0.480 e. The standard InChI is InChI=1S/C58H89N13O7S2/c1-39(72)65-48(38-79-35-15-5-4-14-34-71-49-24-12-13-25-50(49)80-51(71)31-28-40-26-29-43(30-27-40)70(2)3)55(76)69-46(36-41-18-8-6-9-19-41)53(74)66-44(22-16-32-63-57(59)60)52(73)68-47(37-42-20-10-7-11-21-42)54(75)67-45(56(77)78)23-17-33-64-58(61)62/h12-13,24-31,41-42,44-48H,4-11,14-23,32-38H2,1-3H3,(H13-,59,60,61,62,63,64,65,66,67,68,69,72,73,74,75,76,77,78)/p+1/t44-,45-,46+,47+,48+/m0/s1. The zero-order valence-corrected chi connectivity index (χ0v) is 48.9. The van der Waals surface area contributed by atoms with Gasteiger partial charge in [0, 0.05) is 64.1 Å². The molecule has 0 bridgehead atoms. The predicted octanol–water partition coefficient (Wildman–Crippen LogP) is 5.30. The van der Waals surface area contributed by atoms with Gasteiger partial charge in [-0.05, 0) is 98.8 Å². The number of aliphatic carboxylic acids is 1. The van der Waals surface area contributed by atoms with Crippen LogP contribution in [0.5, 0.6) is 0 Å². The van der Waals surface area contributed by atoms with Gasteiger partial charge in [0.25, 0.3) is 5.01 Å². The van der Waals surface area contributed by atoms with Gasteiger partial charge in [0.1, 0.15) is 34.9 Å². The van der Waals surface area contributed by atoms with Crippen LogP contribution in [0.3, 0.4) is 0 Å². The van der Waals surface area contributed by atoms with Crippen LogP contribution in [-0.2, 0) is 35.3 Å². The molecule has 1 aromatic heterocycles. The fourth-order valence-electron chi connectivity index (χ4n) is 10.5. The van der Waals surface area contributed by atoms with Gasteiger partial charge in [-0.15, -0.1) is 0 Å². The number of carbonyl (C=O) groups is 6. The van der Waals surface area contributed by atoms with Crippen LogP contribution >= 0.6 is 23.1 Å². The summed E-state index contributed by atoms with van der Waals surface area (Å²) in [6, 6.07) is 11.5. The fraction of sp³-hybridized carbons (Fsp3) is 0.603. The summed E-state index contributed by atoms with van der Waals surface area (Å²) in [5, 5.41) is 25.4. The molecule has 80 heavy (non-hydrogen) atoms. The Labute approximate surface area is 481 Å². The Morgan fingerprint density at radius 3 is 1.71 bits per heavy atom. The van der Waals surface area contributed by atoms with Gasteiger partial charge in [0.05, 0.1) is 0 Å². The minimum atomic E-state index is -1.27. The first kappa shape index (κ1) is 64.4. The summed E-state index contributed by atoms with van der Waals surface area (Å²) >= 11 is 3.36. The van der Waals surface area contributed by atoms with Crippen LogP contribution in [0, 0.1) is 11.8 Å². The second-order valence-electron chi connectivity index (χ2n) is 21.6. The summed E-state index contributed by atoms with van der Waals surface area (Å²) in [5.41, 5.74) is 25.6. The average Bonchev–Trinajstić information content (AvgIpc) is 3.79. The highest BCUT2D eigenvalue weighted by molar-refractivity contribution is 7.99. The number of thioether (sulfide) groups is 1. The molecule has 20 nitrogen and oxygen atoms in total. The van der Waals surface area contributed by atoms with Crippen LogP contribution in [-0.4, -0.2) is 121 Å². The Balaban J connectivity index is 1.22. The van der Waals surface area contributed by atoms with Gasteiger partial charge in [-0.25, -0.2) is 4.79 Å². The van der Waals surface area contributed by atoms with Crippen LogP contribution in [0.15, 0.2) is 58.5 Å². The van der Waals surface area contributed by atoms with Gasteiger partial charge in [-0.3, -0.25) is 34.0 Å². The summed E-state index contributed by atoms with van der Waals surface area (Å²) in [6.45, 7) is 2.58. The Hall–Kier alpha value is -6.42. The molecule has 2 aliphatic rings. The number of carbonyl (C=O) groups excluding carboxylic acids is 5. The summed E-state index contributed by atoms with van der Waals surface area (Å²) in [5.74, 6) is -2.94. The highest BCUT2D eigenvalue weighted by atomic mass is 32.2. The number of aromatic nitrogens is 1. The molecule has 0 saturated heterocycles.